The molecule has 2 nitrogen and oxygen atoms in total. The molecular weight excluding hydrogens is 332 g/mol. The van der Waals surface area contributed by atoms with Crippen molar-refractivity contribution in [3.63, 3.8) is 0 Å². The molecule has 4 heteroatoms. The minimum Gasteiger partial charge on any atom is -0.367 e. The summed E-state index contributed by atoms with van der Waals surface area (Å²) in [6.45, 7) is 4.17. The lowest BCUT2D eigenvalue weighted by molar-refractivity contribution is 0.731. The molecule has 0 saturated heterocycles. The van der Waals surface area contributed by atoms with Crippen molar-refractivity contribution in [3.05, 3.63) is 50.1 Å². The van der Waals surface area contributed by atoms with E-state index in [0.717, 1.165) is 25.9 Å². The first-order chi connectivity index (χ1) is 9.63. The first-order valence-electron chi connectivity index (χ1n) is 6.97. The molecule has 2 N–H and O–H groups in total. The second-order valence-electron chi connectivity index (χ2n) is 5.50. The van der Waals surface area contributed by atoms with E-state index in [1.54, 1.807) is 4.88 Å². The molecule has 0 fully saturated rings. The summed E-state index contributed by atoms with van der Waals surface area (Å²) in [5.74, 6) is 0. The van der Waals surface area contributed by atoms with Crippen LogP contribution in [0.2, 0.25) is 0 Å². The van der Waals surface area contributed by atoms with E-state index >= 15 is 0 Å². The zero-order valence-corrected chi connectivity index (χ0v) is 14.0. The number of rotatable bonds is 3. The Morgan fingerprint density at radius 2 is 2.25 bits per heavy atom. The van der Waals surface area contributed by atoms with Crippen LogP contribution in [0.15, 0.2) is 34.1 Å². The van der Waals surface area contributed by atoms with Gasteiger partial charge in [0.15, 0.2) is 0 Å². The van der Waals surface area contributed by atoms with E-state index in [1.807, 2.05) is 18.3 Å². The van der Waals surface area contributed by atoms with Crippen molar-refractivity contribution in [3.8, 4) is 0 Å². The average molecular weight is 351 g/mol. The first-order valence-corrected chi connectivity index (χ1v) is 8.65. The van der Waals surface area contributed by atoms with Crippen LogP contribution in [0.25, 0.3) is 0 Å². The number of benzene rings is 1. The molecule has 1 aliphatic heterocycles. The Morgan fingerprint density at radius 1 is 1.40 bits per heavy atom. The molecule has 106 valence electrons. The van der Waals surface area contributed by atoms with E-state index in [2.05, 4.69) is 50.5 Å². The Labute approximate surface area is 132 Å². The zero-order valence-electron chi connectivity index (χ0n) is 11.6. The number of anilines is 1. The van der Waals surface area contributed by atoms with Crippen molar-refractivity contribution in [1.29, 1.82) is 0 Å². The number of halogens is 1. The molecule has 1 aliphatic rings. The van der Waals surface area contributed by atoms with Gasteiger partial charge in [0.2, 0.25) is 0 Å². The van der Waals surface area contributed by atoms with E-state index in [1.165, 1.54) is 21.3 Å². The fourth-order valence-electron chi connectivity index (χ4n) is 2.71. The van der Waals surface area contributed by atoms with E-state index in [9.17, 15) is 0 Å². The number of nitrogens with two attached hydrogens (primary N) is 1. The summed E-state index contributed by atoms with van der Waals surface area (Å²) in [5.41, 5.74) is 9.95. The van der Waals surface area contributed by atoms with Crippen LogP contribution in [-0.4, -0.2) is 12.6 Å². The third-order valence-corrected chi connectivity index (χ3v) is 5.51. The predicted molar refractivity (Wildman–Crippen MR) is 90.6 cm³/mol. The minimum absolute atomic E-state index is 0.195. The molecule has 1 aromatic heterocycles. The molecule has 2 heterocycles. The van der Waals surface area contributed by atoms with Gasteiger partial charge in [0.05, 0.1) is 0 Å². The number of fused-ring (bicyclic) bond motifs is 1. The van der Waals surface area contributed by atoms with Crippen LogP contribution < -0.4 is 10.6 Å². The molecule has 0 aliphatic carbocycles. The first kappa shape index (κ1) is 14.1. The highest BCUT2D eigenvalue weighted by Crippen LogP contribution is 2.30. The van der Waals surface area contributed by atoms with Crippen molar-refractivity contribution < 1.29 is 0 Å². The van der Waals surface area contributed by atoms with E-state index in [4.69, 9.17) is 5.73 Å². The fraction of sp³-hybridized carbons (Fsp3) is 0.375. The van der Waals surface area contributed by atoms with Crippen LogP contribution in [0, 0.1) is 0 Å². The highest BCUT2D eigenvalue weighted by Gasteiger charge is 2.18. The molecule has 1 aromatic carbocycles. The maximum Gasteiger partial charge on any atom is 0.0440 e. The summed E-state index contributed by atoms with van der Waals surface area (Å²) in [4.78, 5) is 4.00. The van der Waals surface area contributed by atoms with Gasteiger partial charge in [-0.2, -0.15) is 0 Å². The molecule has 1 atom stereocenters. The standard InChI is InChI=1S/C16H19BrN2S/c1-11(18)8-12-2-3-14(9-15(12)17)19-6-4-16-13(10-19)5-7-20-16/h2-3,5,7,9,11H,4,6,8,10,18H2,1H3. The second kappa shape index (κ2) is 5.88. The summed E-state index contributed by atoms with van der Waals surface area (Å²) in [6, 6.07) is 9.10. The molecule has 2 aromatic rings. The lowest BCUT2D eigenvalue weighted by Gasteiger charge is -2.29. The van der Waals surface area contributed by atoms with Gasteiger partial charge in [0.1, 0.15) is 0 Å². The van der Waals surface area contributed by atoms with Gasteiger partial charge in [-0.05, 0) is 54.5 Å². The van der Waals surface area contributed by atoms with Gasteiger partial charge < -0.3 is 10.6 Å². The monoisotopic (exact) mass is 350 g/mol. The Morgan fingerprint density at radius 3 is 3.00 bits per heavy atom. The van der Waals surface area contributed by atoms with E-state index in [0.29, 0.717) is 0 Å². The smallest absolute Gasteiger partial charge is 0.0440 e. The fourth-order valence-corrected chi connectivity index (χ4v) is 4.13. The predicted octanol–water partition coefficient (Wildman–Crippen LogP) is 3.96. The lowest BCUT2D eigenvalue weighted by Crippen LogP contribution is -2.29. The van der Waals surface area contributed by atoms with Crippen molar-refractivity contribution in [2.24, 2.45) is 5.73 Å². The van der Waals surface area contributed by atoms with E-state index < -0.39 is 0 Å². The summed E-state index contributed by atoms with van der Waals surface area (Å²) < 4.78 is 1.17. The Hall–Kier alpha value is -0.840. The molecular formula is C16H19BrN2S. The summed E-state index contributed by atoms with van der Waals surface area (Å²) in [7, 11) is 0. The van der Waals surface area contributed by atoms with Crippen LogP contribution in [0.1, 0.15) is 22.9 Å². The zero-order chi connectivity index (χ0) is 14.1. The topological polar surface area (TPSA) is 29.3 Å². The van der Waals surface area contributed by atoms with Gasteiger partial charge in [0, 0.05) is 34.2 Å². The van der Waals surface area contributed by atoms with Crippen molar-refractivity contribution in [2.45, 2.75) is 32.4 Å². The molecule has 1 unspecified atom stereocenters. The third-order valence-electron chi connectivity index (χ3n) is 3.75. The van der Waals surface area contributed by atoms with Crippen LogP contribution in [0.5, 0.6) is 0 Å². The summed E-state index contributed by atoms with van der Waals surface area (Å²) >= 11 is 5.57. The maximum atomic E-state index is 5.89. The second-order valence-corrected chi connectivity index (χ2v) is 7.35. The largest absolute Gasteiger partial charge is 0.367 e. The van der Waals surface area contributed by atoms with Gasteiger partial charge in [-0.3, -0.25) is 0 Å². The Bertz CT molecular complexity index is 606. The SMILES string of the molecule is CC(N)Cc1ccc(N2CCc3sccc3C2)cc1Br. The van der Waals surface area contributed by atoms with Gasteiger partial charge in [-0.25, -0.2) is 0 Å². The molecule has 20 heavy (non-hydrogen) atoms. The summed E-state index contributed by atoms with van der Waals surface area (Å²) in [6.07, 6.45) is 2.07. The molecule has 0 spiro atoms. The highest BCUT2D eigenvalue weighted by molar-refractivity contribution is 9.10. The van der Waals surface area contributed by atoms with E-state index in [-0.39, 0.29) is 6.04 Å². The van der Waals surface area contributed by atoms with Crippen LogP contribution in [0.3, 0.4) is 0 Å². The van der Waals surface area contributed by atoms with Crippen molar-refractivity contribution in [2.75, 3.05) is 11.4 Å². The Kier molecular flexibility index (Phi) is 4.15. The average Bonchev–Trinajstić information content (AvgIpc) is 2.87. The highest BCUT2D eigenvalue weighted by atomic mass is 79.9. The summed E-state index contributed by atoms with van der Waals surface area (Å²) in [5, 5.41) is 2.20. The van der Waals surface area contributed by atoms with Crippen LogP contribution >= 0.6 is 27.3 Å². The van der Waals surface area contributed by atoms with Crippen LogP contribution in [0.4, 0.5) is 5.69 Å². The van der Waals surface area contributed by atoms with Gasteiger partial charge >= 0.3 is 0 Å². The molecule has 0 saturated carbocycles. The maximum absolute atomic E-state index is 5.89. The minimum atomic E-state index is 0.195. The van der Waals surface area contributed by atoms with Crippen LogP contribution in [-0.2, 0) is 19.4 Å². The molecule has 0 bridgehead atoms. The molecule has 0 amide bonds. The molecule has 3 rings (SSSR count). The lowest BCUT2D eigenvalue weighted by atomic mass is 10.1. The Balaban J connectivity index is 1.80. The number of nitrogens with zero attached hydrogens (tertiary/aromatic N) is 1. The normalized spacial score (nSPS) is 16.1. The van der Waals surface area contributed by atoms with Gasteiger partial charge in [-0.15, -0.1) is 11.3 Å². The van der Waals surface area contributed by atoms with Gasteiger partial charge in [-0.1, -0.05) is 22.0 Å². The van der Waals surface area contributed by atoms with Crippen molar-refractivity contribution in [1.82, 2.24) is 0 Å². The van der Waals surface area contributed by atoms with Crippen molar-refractivity contribution >= 4 is 33.0 Å². The van der Waals surface area contributed by atoms with Gasteiger partial charge in [0.25, 0.3) is 0 Å². The quantitative estimate of drug-likeness (QED) is 0.907. The number of hydrogen-bond donors (Lipinski definition) is 1. The molecule has 0 radical (unpaired) electrons. The third kappa shape index (κ3) is 2.92. The number of thiophene rings is 1. The number of hydrogen-bond acceptors (Lipinski definition) is 3.